The van der Waals surface area contributed by atoms with Gasteiger partial charge < -0.3 is 4.74 Å². The van der Waals surface area contributed by atoms with E-state index < -0.39 is 16.1 Å². The Morgan fingerprint density at radius 1 is 0.947 bits per heavy atom. The molecular weight excluding hydrogens is 266 g/mol. The van der Waals surface area contributed by atoms with Crippen LogP contribution in [-0.4, -0.2) is 27.1 Å². The summed E-state index contributed by atoms with van der Waals surface area (Å²) in [5.74, 6) is 0. The molecule has 0 N–H and O–H groups in total. The first kappa shape index (κ1) is 16.9. The molecule has 1 aliphatic rings. The lowest BCUT2D eigenvalue weighted by atomic mass is 10.1. The monoisotopic (exact) mass is 297 g/mol. The SMILES string of the molecule is C[Si](C)(C)C1([Si](C)(C)C)OC1CCCCCCC#N. The van der Waals surface area contributed by atoms with Gasteiger partial charge >= 0.3 is 0 Å². The van der Waals surface area contributed by atoms with Crippen LogP contribution in [0.1, 0.15) is 38.5 Å². The summed E-state index contributed by atoms with van der Waals surface area (Å²) in [4.78, 5) is 0.312. The highest BCUT2D eigenvalue weighted by molar-refractivity contribution is 6.99. The molecule has 0 aromatic heterocycles. The van der Waals surface area contributed by atoms with Crippen LogP contribution in [0.3, 0.4) is 0 Å². The molecule has 2 nitrogen and oxygen atoms in total. The number of nitriles is 1. The molecule has 19 heavy (non-hydrogen) atoms. The molecule has 0 aromatic carbocycles. The summed E-state index contributed by atoms with van der Waals surface area (Å²) in [5, 5.41) is 8.51. The molecule has 1 saturated heterocycles. The van der Waals surface area contributed by atoms with Crippen LogP contribution in [0.5, 0.6) is 0 Å². The number of hydrogen-bond donors (Lipinski definition) is 0. The van der Waals surface area contributed by atoms with E-state index in [1.165, 1.54) is 25.7 Å². The van der Waals surface area contributed by atoms with E-state index in [-0.39, 0.29) is 0 Å². The van der Waals surface area contributed by atoms with E-state index in [2.05, 4.69) is 45.4 Å². The summed E-state index contributed by atoms with van der Waals surface area (Å²) in [6.07, 6.45) is 7.29. The zero-order valence-electron chi connectivity index (χ0n) is 13.7. The van der Waals surface area contributed by atoms with Gasteiger partial charge in [-0.1, -0.05) is 58.5 Å². The van der Waals surface area contributed by atoms with Gasteiger partial charge in [-0.15, -0.1) is 0 Å². The molecule has 110 valence electrons. The largest absolute Gasteiger partial charge is 0.374 e. The number of unbranched alkanes of at least 4 members (excludes halogenated alkanes) is 4. The molecular formula is C15H31NOSi2. The van der Waals surface area contributed by atoms with Gasteiger partial charge in [0.1, 0.15) is 0 Å². The molecule has 4 heteroatoms. The fourth-order valence-corrected chi connectivity index (χ4v) is 16.0. The lowest BCUT2D eigenvalue weighted by Gasteiger charge is -2.36. The van der Waals surface area contributed by atoms with Crippen molar-refractivity contribution >= 4 is 16.1 Å². The summed E-state index contributed by atoms with van der Waals surface area (Å²) in [5.41, 5.74) is 0. The molecule has 0 radical (unpaired) electrons. The fraction of sp³-hybridized carbons (Fsp3) is 0.933. The van der Waals surface area contributed by atoms with Gasteiger partial charge in [0.05, 0.1) is 33.2 Å². The zero-order valence-corrected chi connectivity index (χ0v) is 15.7. The number of epoxide rings is 1. The van der Waals surface area contributed by atoms with Gasteiger partial charge in [-0.3, -0.25) is 0 Å². The Bertz CT molecular complexity index is 322. The minimum absolute atomic E-state index is 0.312. The highest BCUT2D eigenvalue weighted by Crippen LogP contribution is 2.52. The van der Waals surface area contributed by atoms with Crippen LogP contribution < -0.4 is 0 Å². The quantitative estimate of drug-likeness (QED) is 0.368. The Kier molecular flexibility index (Phi) is 5.45. The smallest absolute Gasteiger partial charge is 0.0817 e. The van der Waals surface area contributed by atoms with Crippen molar-refractivity contribution in [1.29, 1.82) is 5.26 Å². The molecule has 1 aliphatic heterocycles. The Balaban J connectivity index is 2.40. The van der Waals surface area contributed by atoms with Crippen molar-refractivity contribution in [2.24, 2.45) is 0 Å². The first-order chi connectivity index (χ1) is 8.67. The maximum Gasteiger partial charge on any atom is 0.0817 e. The van der Waals surface area contributed by atoms with Gasteiger partial charge in [0, 0.05) is 6.42 Å². The average molecular weight is 298 g/mol. The predicted octanol–water partition coefficient (Wildman–Crippen LogP) is 4.74. The normalized spacial score (nSPS) is 22.1. The maximum atomic E-state index is 8.51. The lowest BCUT2D eigenvalue weighted by Crippen LogP contribution is -2.59. The number of ether oxygens (including phenoxy) is 1. The third-order valence-electron chi connectivity index (χ3n) is 4.46. The van der Waals surface area contributed by atoms with E-state index in [0.717, 1.165) is 6.42 Å². The molecule has 0 amide bonds. The molecule has 0 saturated carbocycles. The third-order valence-corrected chi connectivity index (χ3v) is 14.3. The fourth-order valence-electron chi connectivity index (χ4n) is 3.78. The summed E-state index contributed by atoms with van der Waals surface area (Å²) in [6, 6.07) is 2.22. The van der Waals surface area contributed by atoms with Crippen molar-refractivity contribution in [3.05, 3.63) is 0 Å². The van der Waals surface area contributed by atoms with Gasteiger partial charge in [-0.2, -0.15) is 5.26 Å². The van der Waals surface area contributed by atoms with Crippen LogP contribution in [0, 0.1) is 11.3 Å². The van der Waals surface area contributed by atoms with Gasteiger partial charge in [0.15, 0.2) is 0 Å². The zero-order chi connectivity index (χ0) is 14.7. The lowest BCUT2D eigenvalue weighted by molar-refractivity contribution is 0.363. The third kappa shape index (κ3) is 3.71. The molecule has 1 rings (SSSR count). The van der Waals surface area contributed by atoms with E-state index in [1.807, 2.05) is 0 Å². The van der Waals surface area contributed by atoms with Crippen LogP contribution in [0.2, 0.25) is 39.3 Å². The van der Waals surface area contributed by atoms with Crippen LogP contribution in [0.15, 0.2) is 0 Å². The molecule has 0 aromatic rings. The second kappa shape index (κ2) is 6.11. The van der Waals surface area contributed by atoms with Crippen LogP contribution in [0.4, 0.5) is 0 Å². The summed E-state index contributed by atoms with van der Waals surface area (Å²) in [7, 11) is -2.51. The van der Waals surface area contributed by atoms with Gasteiger partial charge in [-0.05, 0) is 12.8 Å². The minimum Gasteiger partial charge on any atom is -0.374 e. The van der Waals surface area contributed by atoms with E-state index in [0.29, 0.717) is 17.4 Å². The Labute approximate surface area is 121 Å². The molecule has 0 aliphatic carbocycles. The first-order valence-electron chi connectivity index (χ1n) is 7.71. The van der Waals surface area contributed by atoms with Gasteiger partial charge in [0.2, 0.25) is 0 Å². The van der Waals surface area contributed by atoms with E-state index in [4.69, 9.17) is 10.00 Å². The molecule has 1 fully saturated rings. The minimum atomic E-state index is -1.26. The van der Waals surface area contributed by atoms with Crippen molar-refractivity contribution in [2.45, 2.75) is 88.8 Å². The molecule has 0 bridgehead atoms. The number of rotatable bonds is 8. The van der Waals surface area contributed by atoms with Crippen molar-refractivity contribution in [3.63, 3.8) is 0 Å². The second-order valence-corrected chi connectivity index (χ2v) is 18.9. The van der Waals surface area contributed by atoms with Crippen LogP contribution >= 0.6 is 0 Å². The number of hydrogen-bond acceptors (Lipinski definition) is 2. The molecule has 1 atom stereocenters. The van der Waals surface area contributed by atoms with Gasteiger partial charge in [0.25, 0.3) is 0 Å². The number of nitrogens with zero attached hydrogens (tertiary/aromatic N) is 1. The Morgan fingerprint density at radius 2 is 1.47 bits per heavy atom. The summed E-state index contributed by atoms with van der Waals surface area (Å²) in [6.45, 7) is 14.8. The average Bonchev–Trinajstić information content (AvgIpc) is 2.97. The van der Waals surface area contributed by atoms with Crippen LogP contribution in [0.25, 0.3) is 0 Å². The molecule has 0 spiro atoms. The van der Waals surface area contributed by atoms with Crippen molar-refractivity contribution in [2.75, 3.05) is 0 Å². The topological polar surface area (TPSA) is 36.3 Å². The first-order valence-corrected chi connectivity index (χ1v) is 14.7. The highest BCUT2D eigenvalue weighted by Gasteiger charge is 2.69. The van der Waals surface area contributed by atoms with Crippen molar-refractivity contribution in [1.82, 2.24) is 0 Å². The Morgan fingerprint density at radius 3 is 1.89 bits per heavy atom. The van der Waals surface area contributed by atoms with Crippen molar-refractivity contribution in [3.8, 4) is 6.07 Å². The predicted molar refractivity (Wildman–Crippen MR) is 87.6 cm³/mol. The Hall–Kier alpha value is -0.116. The van der Waals surface area contributed by atoms with E-state index in [9.17, 15) is 0 Å². The van der Waals surface area contributed by atoms with Crippen molar-refractivity contribution < 1.29 is 4.74 Å². The second-order valence-electron chi connectivity index (χ2n) is 7.95. The maximum absolute atomic E-state index is 8.51. The standard InChI is InChI=1S/C15H31NOSi2/c1-18(2,3)15(19(4,5)6)14(17-15)12-10-8-7-9-11-13-16/h14H,7-12H2,1-6H3. The molecule has 1 heterocycles. The van der Waals surface area contributed by atoms with Crippen LogP contribution in [-0.2, 0) is 4.74 Å². The van der Waals surface area contributed by atoms with E-state index in [1.54, 1.807) is 0 Å². The summed E-state index contributed by atoms with van der Waals surface area (Å²) >= 11 is 0. The van der Waals surface area contributed by atoms with E-state index >= 15 is 0 Å². The molecule has 1 unspecified atom stereocenters. The summed E-state index contributed by atoms with van der Waals surface area (Å²) < 4.78 is 6.33. The highest BCUT2D eigenvalue weighted by atomic mass is 28.4. The van der Waals surface area contributed by atoms with Gasteiger partial charge in [-0.25, -0.2) is 0 Å².